The third-order valence-corrected chi connectivity index (χ3v) is 7.34. The third-order valence-electron chi connectivity index (χ3n) is 4.33. The van der Waals surface area contributed by atoms with Crippen molar-refractivity contribution in [2.45, 2.75) is 17.0 Å². The fraction of sp³-hybridized carbons (Fsp3) is 0.381. The average Bonchev–Trinajstić information content (AvgIpc) is 2.68. The van der Waals surface area contributed by atoms with E-state index in [9.17, 15) is 4.79 Å². The van der Waals surface area contributed by atoms with Gasteiger partial charge in [-0.2, -0.15) is 0 Å². The number of likely N-dealkylation sites (N-methyl/N-ethyl adjacent to an activating group) is 1. The highest BCUT2D eigenvalue weighted by molar-refractivity contribution is 8.16. The standard InChI is InChI=1S/C21H26N2OS2/c1-23(2)15-19(16-7-4-3-5-8-16)22-20(24)17-9-11-18(12-10-17)21-25-13-6-14-26-21/h3-5,7-12,19,21H,6,13-15H2,1-2H3,(H,22,24). The number of benzene rings is 2. The summed E-state index contributed by atoms with van der Waals surface area (Å²) < 4.78 is 0.506. The first-order valence-corrected chi connectivity index (χ1v) is 11.1. The van der Waals surface area contributed by atoms with E-state index >= 15 is 0 Å². The van der Waals surface area contributed by atoms with Crippen LogP contribution in [0.4, 0.5) is 0 Å². The Morgan fingerprint density at radius 1 is 1.08 bits per heavy atom. The summed E-state index contributed by atoms with van der Waals surface area (Å²) in [5, 5.41) is 3.19. The van der Waals surface area contributed by atoms with Gasteiger partial charge < -0.3 is 10.2 Å². The molecule has 0 spiro atoms. The Hall–Kier alpha value is -1.43. The van der Waals surface area contributed by atoms with Gasteiger partial charge in [0, 0.05) is 12.1 Å². The molecule has 26 heavy (non-hydrogen) atoms. The SMILES string of the molecule is CN(C)CC(NC(=O)c1ccc(C2SCCCS2)cc1)c1ccccc1. The fourth-order valence-electron chi connectivity index (χ4n) is 3.00. The summed E-state index contributed by atoms with van der Waals surface area (Å²) in [5.41, 5.74) is 3.16. The number of hydrogen-bond acceptors (Lipinski definition) is 4. The number of hydrogen-bond donors (Lipinski definition) is 1. The van der Waals surface area contributed by atoms with Crippen molar-refractivity contribution in [3.8, 4) is 0 Å². The first kappa shape index (κ1) is 19.3. The molecule has 1 aliphatic rings. The number of carbonyl (C=O) groups is 1. The molecular formula is C21H26N2OS2. The van der Waals surface area contributed by atoms with E-state index in [0.29, 0.717) is 4.58 Å². The topological polar surface area (TPSA) is 32.3 Å². The summed E-state index contributed by atoms with van der Waals surface area (Å²) in [4.78, 5) is 14.9. The Balaban J connectivity index is 1.68. The molecule has 138 valence electrons. The summed E-state index contributed by atoms with van der Waals surface area (Å²) in [6.45, 7) is 0.767. The van der Waals surface area contributed by atoms with Crippen LogP contribution in [0.2, 0.25) is 0 Å². The molecule has 1 amide bonds. The first-order chi connectivity index (χ1) is 12.6. The van der Waals surface area contributed by atoms with Gasteiger partial charge in [-0.3, -0.25) is 4.79 Å². The lowest BCUT2D eigenvalue weighted by Gasteiger charge is -2.23. The molecule has 1 aliphatic heterocycles. The minimum atomic E-state index is -0.0252. The van der Waals surface area contributed by atoms with E-state index < -0.39 is 0 Å². The number of nitrogens with zero attached hydrogens (tertiary/aromatic N) is 1. The Morgan fingerprint density at radius 2 is 1.73 bits per heavy atom. The van der Waals surface area contributed by atoms with Gasteiger partial charge in [-0.1, -0.05) is 42.5 Å². The van der Waals surface area contributed by atoms with Gasteiger partial charge >= 0.3 is 0 Å². The molecule has 2 aromatic rings. The largest absolute Gasteiger partial charge is 0.344 e. The lowest BCUT2D eigenvalue weighted by molar-refractivity contribution is 0.0930. The van der Waals surface area contributed by atoms with E-state index in [4.69, 9.17) is 0 Å². The first-order valence-electron chi connectivity index (χ1n) is 8.97. The van der Waals surface area contributed by atoms with E-state index in [-0.39, 0.29) is 11.9 Å². The van der Waals surface area contributed by atoms with Crippen molar-refractivity contribution >= 4 is 29.4 Å². The highest BCUT2D eigenvalue weighted by atomic mass is 32.2. The molecule has 0 aromatic heterocycles. The van der Waals surface area contributed by atoms with Crippen LogP contribution < -0.4 is 5.32 Å². The highest BCUT2D eigenvalue weighted by Gasteiger charge is 2.19. The van der Waals surface area contributed by atoms with Crippen molar-refractivity contribution in [1.82, 2.24) is 10.2 Å². The van der Waals surface area contributed by atoms with Gasteiger partial charge in [0.15, 0.2) is 0 Å². The Labute approximate surface area is 164 Å². The zero-order chi connectivity index (χ0) is 18.4. The van der Waals surface area contributed by atoms with Crippen molar-refractivity contribution in [1.29, 1.82) is 0 Å². The maximum absolute atomic E-state index is 12.8. The molecule has 0 radical (unpaired) electrons. The van der Waals surface area contributed by atoms with Crippen molar-refractivity contribution in [3.05, 3.63) is 71.3 Å². The molecule has 2 aromatic carbocycles. The van der Waals surface area contributed by atoms with Crippen molar-refractivity contribution in [2.24, 2.45) is 0 Å². The molecule has 1 heterocycles. The highest BCUT2D eigenvalue weighted by Crippen LogP contribution is 2.43. The molecule has 0 saturated carbocycles. The summed E-state index contributed by atoms with van der Waals surface area (Å²) in [7, 11) is 4.05. The number of thioether (sulfide) groups is 2. The fourth-order valence-corrected chi connectivity index (χ4v) is 5.89. The normalized spacial score (nSPS) is 16.4. The molecule has 1 fully saturated rings. The monoisotopic (exact) mass is 386 g/mol. The van der Waals surface area contributed by atoms with Crippen LogP contribution in [0.3, 0.4) is 0 Å². The van der Waals surface area contributed by atoms with E-state index in [0.717, 1.165) is 17.7 Å². The van der Waals surface area contributed by atoms with E-state index in [1.54, 1.807) is 0 Å². The third kappa shape index (κ3) is 5.29. The van der Waals surface area contributed by atoms with E-state index in [2.05, 4.69) is 34.5 Å². The minimum Gasteiger partial charge on any atom is -0.344 e. The second kappa shape index (κ2) is 9.49. The molecule has 5 heteroatoms. The molecule has 3 rings (SSSR count). The molecule has 3 nitrogen and oxygen atoms in total. The Morgan fingerprint density at radius 3 is 2.35 bits per heavy atom. The Bertz CT molecular complexity index is 698. The summed E-state index contributed by atoms with van der Waals surface area (Å²) in [6, 6.07) is 18.3. The average molecular weight is 387 g/mol. The van der Waals surface area contributed by atoms with Crippen LogP contribution in [0.15, 0.2) is 54.6 Å². The van der Waals surface area contributed by atoms with Gasteiger partial charge in [0.2, 0.25) is 0 Å². The molecule has 1 atom stereocenters. The molecule has 0 aliphatic carbocycles. The lowest BCUT2D eigenvalue weighted by atomic mass is 10.1. The second-order valence-corrected chi connectivity index (χ2v) is 9.47. The quantitative estimate of drug-likeness (QED) is 0.787. The maximum Gasteiger partial charge on any atom is 0.251 e. The Kier molecular flexibility index (Phi) is 7.06. The van der Waals surface area contributed by atoms with E-state index in [1.165, 1.54) is 23.5 Å². The van der Waals surface area contributed by atoms with Gasteiger partial charge in [0.05, 0.1) is 10.6 Å². The molecule has 1 unspecified atom stereocenters. The number of rotatable bonds is 6. The van der Waals surface area contributed by atoms with Crippen molar-refractivity contribution in [3.63, 3.8) is 0 Å². The van der Waals surface area contributed by atoms with Gasteiger partial charge in [0.1, 0.15) is 0 Å². The predicted molar refractivity (Wildman–Crippen MR) is 114 cm³/mol. The predicted octanol–water partition coefficient (Wildman–Crippen LogP) is 4.59. The second-order valence-electron chi connectivity index (χ2n) is 6.75. The number of nitrogens with one attached hydrogen (secondary N) is 1. The minimum absolute atomic E-state index is 0.0174. The van der Waals surface area contributed by atoms with Crippen LogP contribution >= 0.6 is 23.5 Å². The zero-order valence-electron chi connectivity index (χ0n) is 15.4. The van der Waals surface area contributed by atoms with Crippen LogP contribution in [0.1, 0.15) is 38.5 Å². The van der Waals surface area contributed by atoms with Crippen LogP contribution in [-0.4, -0.2) is 43.0 Å². The van der Waals surface area contributed by atoms with Gasteiger partial charge in [0.25, 0.3) is 5.91 Å². The molecule has 0 bridgehead atoms. The summed E-state index contributed by atoms with van der Waals surface area (Å²) in [6.07, 6.45) is 1.29. The van der Waals surface area contributed by atoms with E-state index in [1.807, 2.05) is 68.0 Å². The van der Waals surface area contributed by atoms with Gasteiger partial charge in [-0.25, -0.2) is 0 Å². The number of carbonyl (C=O) groups excluding carboxylic acids is 1. The van der Waals surface area contributed by atoms with Crippen LogP contribution in [0.5, 0.6) is 0 Å². The maximum atomic E-state index is 12.8. The molecule has 1 saturated heterocycles. The van der Waals surface area contributed by atoms with Crippen molar-refractivity contribution in [2.75, 3.05) is 32.1 Å². The smallest absolute Gasteiger partial charge is 0.251 e. The van der Waals surface area contributed by atoms with Gasteiger partial charge in [-0.15, -0.1) is 23.5 Å². The molecular weight excluding hydrogens is 360 g/mol. The summed E-state index contributed by atoms with van der Waals surface area (Å²) >= 11 is 4.00. The van der Waals surface area contributed by atoms with Crippen LogP contribution in [0, 0.1) is 0 Å². The summed E-state index contributed by atoms with van der Waals surface area (Å²) in [5.74, 6) is 2.43. The number of amides is 1. The van der Waals surface area contributed by atoms with Crippen molar-refractivity contribution < 1.29 is 4.79 Å². The van der Waals surface area contributed by atoms with Crippen LogP contribution in [0.25, 0.3) is 0 Å². The zero-order valence-corrected chi connectivity index (χ0v) is 17.0. The molecule has 1 N–H and O–H groups in total. The van der Waals surface area contributed by atoms with Gasteiger partial charge in [-0.05, 0) is 55.3 Å². The van der Waals surface area contributed by atoms with Crippen LogP contribution in [-0.2, 0) is 0 Å². The lowest BCUT2D eigenvalue weighted by Crippen LogP contribution is -2.35.